The molecule has 10 heteroatoms. The van der Waals surface area contributed by atoms with E-state index in [1.165, 1.54) is 12.3 Å². The van der Waals surface area contributed by atoms with E-state index in [0.29, 0.717) is 10.4 Å². The first kappa shape index (κ1) is 17.0. The van der Waals surface area contributed by atoms with Crippen LogP contribution in [0.5, 0.6) is 0 Å². The maximum Gasteiger partial charge on any atom is 0.333 e. The van der Waals surface area contributed by atoms with Crippen molar-refractivity contribution in [2.45, 2.75) is 19.1 Å². The molecule has 6 nitrogen and oxygen atoms in total. The highest BCUT2D eigenvalue weighted by atomic mass is 79.9. The summed E-state index contributed by atoms with van der Waals surface area (Å²) in [6, 6.07) is 4.65. The van der Waals surface area contributed by atoms with Crippen LogP contribution in [0.2, 0.25) is 0 Å². The van der Waals surface area contributed by atoms with Gasteiger partial charge in [-0.2, -0.15) is 22.3 Å². The molecule has 0 aliphatic heterocycles. The van der Waals surface area contributed by atoms with Crippen molar-refractivity contribution in [3.63, 3.8) is 0 Å². The molecule has 0 aliphatic rings. The third-order valence-corrected chi connectivity index (χ3v) is 3.68. The summed E-state index contributed by atoms with van der Waals surface area (Å²) >= 11 is 3.22. The van der Waals surface area contributed by atoms with E-state index < -0.39 is 22.8 Å². The summed E-state index contributed by atoms with van der Waals surface area (Å²) in [4.78, 5) is 4.08. The molecule has 0 radical (unpaired) electrons. The molecule has 0 aromatic carbocycles. The number of hydrogen-bond acceptors (Lipinski definition) is 5. The van der Waals surface area contributed by atoms with Crippen molar-refractivity contribution in [2.24, 2.45) is 0 Å². The van der Waals surface area contributed by atoms with Gasteiger partial charge >= 0.3 is 6.55 Å². The number of nitrogens with zero attached hydrogens (tertiary/aromatic N) is 3. The Morgan fingerprint density at radius 1 is 1.36 bits per heavy atom. The van der Waals surface area contributed by atoms with Gasteiger partial charge in [-0.25, -0.2) is 4.68 Å². The van der Waals surface area contributed by atoms with Crippen LogP contribution in [0.25, 0.3) is 0 Å². The van der Waals surface area contributed by atoms with E-state index in [-0.39, 0.29) is 12.1 Å². The number of pyridine rings is 1. The minimum absolute atomic E-state index is 0.00141. The lowest BCUT2D eigenvalue weighted by atomic mass is 10.1. The van der Waals surface area contributed by atoms with Crippen molar-refractivity contribution in [1.29, 1.82) is 0 Å². The lowest BCUT2D eigenvalue weighted by Gasteiger charge is -2.14. The zero-order valence-corrected chi connectivity index (χ0v) is 13.8. The SMILES string of the molecule is CS(=O)(=O)OC(Cc1ccn(C(F)F)n1)c1ccc(Br)cn1. The number of hydrogen-bond donors (Lipinski definition) is 0. The number of aromatic nitrogens is 3. The van der Waals surface area contributed by atoms with E-state index in [9.17, 15) is 17.2 Å². The minimum atomic E-state index is -3.75. The van der Waals surface area contributed by atoms with Crippen LogP contribution < -0.4 is 0 Å². The number of halogens is 3. The first-order valence-electron chi connectivity index (χ1n) is 6.06. The highest BCUT2D eigenvalue weighted by molar-refractivity contribution is 9.10. The van der Waals surface area contributed by atoms with Crippen molar-refractivity contribution in [3.8, 4) is 0 Å². The molecule has 1 unspecified atom stereocenters. The van der Waals surface area contributed by atoms with Gasteiger partial charge in [0.2, 0.25) is 0 Å². The maximum atomic E-state index is 12.5. The van der Waals surface area contributed by atoms with Gasteiger partial charge in [-0.05, 0) is 34.1 Å². The van der Waals surface area contributed by atoms with Crippen molar-refractivity contribution in [1.82, 2.24) is 14.8 Å². The van der Waals surface area contributed by atoms with E-state index in [0.717, 1.165) is 16.9 Å². The lowest BCUT2D eigenvalue weighted by molar-refractivity contribution is 0.0559. The third kappa shape index (κ3) is 4.82. The van der Waals surface area contributed by atoms with Crippen molar-refractivity contribution >= 4 is 26.0 Å². The molecule has 0 saturated heterocycles. The zero-order chi connectivity index (χ0) is 16.3. The van der Waals surface area contributed by atoms with E-state index in [1.807, 2.05) is 0 Å². The smallest absolute Gasteiger partial charge is 0.260 e. The van der Waals surface area contributed by atoms with E-state index in [1.54, 1.807) is 12.1 Å². The average molecular weight is 396 g/mol. The second kappa shape index (κ2) is 6.80. The molecule has 2 aromatic rings. The molecule has 120 valence electrons. The van der Waals surface area contributed by atoms with Gasteiger partial charge in [0.15, 0.2) is 0 Å². The van der Waals surface area contributed by atoms with Gasteiger partial charge in [0.25, 0.3) is 10.1 Å². The van der Waals surface area contributed by atoms with Gasteiger partial charge in [0, 0.05) is 23.3 Å². The number of rotatable bonds is 6. The Morgan fingerprint density at radius 3 is 2.59 bits per heavy atom. The fraction of sp³-hybridized carbons (Fsp3) is 0.333. The Balaban J connectivity index is 2.25. The predicted octanol–water partition coefficient (Wildman–Crippen LogP) is 2.70. The predicted molar refractivity (Wildman–Crippen MR) is 77.8 cm³/mol. The average Bonchev–Trinajstić information content (AvgIpc) is 2.86. The van der Waals surface area contributed by atoms with Gasteiger partial charge in [-0.15, -0.1) is 0 Å². The quantitative estimate of drug-likeness (QED) is 0.702. The fourth-order valence-corrected chi connectivity index (χ4v) is 2.58. The summed E-state index contributed by atoms with van der Waals surface area (Å²) in [7, 11) is -3.75. The summed E-state index contributed by atoms with van der Waals surface area (Å²) in [6.45, 7) is -2.76. The van der Waals surface area contributed by atoms with Crippen LogP contribution >= 0.6 is 15.9 Å². The normalized spacial score (nSPS) is 13.5. The second-order valence-corrected chi connectivity index (χ2v) is 6.98. The number of alkyl halides is 2. The van der Waals surface area contributed by atoms with Gasteiger partial charge in [-0.3, -0.25) is 9.17 Å². The van der Waals surface area contributed by atoms with Crippen LogP contribution in [0, 0.1) is 0 Å². The molecular formula is C12H12BrF2N3O3S. The first-order valence-corrected chi connectivity index (χ1v) is 8.67. The highest BCUT2D eigenvalue weighted by Gasteiger charge is 2.21. The van der Waals surface area contributed by atoms with E-state index in [2.05, 4.69) is 26.0 Å². The third-order valence-electron chi connectivity index (χ3n) is 2.63. The molecule has 22 heavy (non-hydrogen) atoms. The van der Waals surface area contributed by atoms with Crippen LogP contribution in [0.15, 0.2) is 35.1 Å². The monoisotopic (exact) mass is 395 g/mol. The lowest BCUT2D eigenvalue weighted by Crippen LogP contribution is -2.14. The summed E-state index contributed by atoms with van der Waals surface area (Å²) < 4.78 is 54.0. The Hall–Kier alpha value is -1.39. The van der Waals surface area contributed by atoms with Gasteiger partial charge < -0.3 is 0 Å². The molecule has 2 aromatic heterocycles. The fourth-order valence-electron chi connectivity index (χ4n) is 1.76. The van der Waals surface area contributed by atoms with Gasteiger partial charge in [0.1, 0.15) is 6.10 Å². The van der Waals surface area contributed by atoms with Crippen LogP contribution in [-0.4, -0.2) is 29.4 Å². The Labute approximate surface area is 134 Å². The summed E-state index contributed by atoms with van der Waals surface area (Å²) in [5, 5.41) is 3.68. The highest BCUT2D eigenvalue weighted by Crippen LogP contribution is 2.23. The molecule has 0 saturated carbocycles. The zero-order valence-electron chi connectivity index (χ0n) is 11.4. The second-order valence-electron chi connectivity index (χ2n) is 4.46. The molecule has 0 fully saturated rings. The van der Waals surface area contributed by atoms with Crippen LogP contribution in [-0.2, 0) is 20.7 Å². The first-order chi connectivity index (χ1) is 10.2. The van der Waals surface area contributed by atoms with Crippen LogP contribution in [0.4, 0.5) is 8.78 Å². The van der Waals surface area contributed by atoms with E-state index >= 15 is 0 Å². The van der Waals surface area contributed by atoms with Crippen LogP contribution in [0.3, 0.4) is 0 Å². The van der Waals surface area contributed by atoms with Crippen molar-refractivity contribution < 1.29 is 21.4 Å². The molecule has 0 bridgehead atoms. The molecule has 2 heterocycles. The Bertz CT molecular complexity index is 734. The molecule has 2 rings (SSSR count). The van der Waals surface area contributed by atoms with E-state index in [4.69, 9.17) is 4.18 Å². The summed E-state index contributed by atoms with van der Waals surface area (Å²) in [5.41, 5.74) is 0.638. The Morgan fingerprint density at radius 2 is 2.09 bits per heavy atom. The molecule has 1 atom stereocenters. The minimum Gasteiger partial charge on any atom is -0.260 e. The van der Waals surface area contributed by atoms with Crippen molar-refractivity contribution in [2.75, 3.05) is 6.26 Å². The van der Waals surface area contributed by atoms with Gasteiger partial charge in [-0.1, -0.05) is 0 Å². The summed E-state index contributed by atoms with van der Waals surface area (Å²) in [6.07, 6.45) is 2.58. The molecule has 0 amide bonds. The topological polar surface area (TPSA) is 74.1 Å². The molecular weight excluding hydrogens is 384 g/mol. The molecule has 0 aliphatic carbocycles. The largest absolute Gasteiger partial charge is 0.333 e. The summed E-state index contributed by atoms with van der Waals surface area (Å²) in [5.74, 6) is 0. The standard InChI is InChI=1S/C12H12BrF2N3O3S/c1-22(19,20)21-11(10-3-2-8(13)7-16-10)6-9-4-5-18(17-9)12(14)15/h2-5,7,11-12H,6H2,1H3. The maximum absolute atomic E-state index is 12.5. The van der Waals surface area contributed by atoms with Crippen molar-refractivity contribution in [3.05, 3.63) is 46.5 Å². The molecule has 0 N–H and O–H groups in total. The van der Waals surface area contributed by atoms with Gasteiger partial charge in [0.05, 0.1) is 17.6 Å². The molecule has 0 spiro atoms. The Kier molecular flexibility index (Phi) is 5.24. The van der Waals surface area contributed by atoms with Crippen LogP contribution in [0.1, 0.15) is 24.0 Å².